The van der Waals surface area contributed by atoms with E-state index in [2.05, 4.69) is 75.2 Å². The maximum atomic E-state index is 4.70. The molecule has 0 saturated carbocycles. The number of benzene rings is 1. The predicted molar refractivity (Wildman–Crippen MR) is 113 cm³/mol. The van der Waals surface area contributed by atoms with Crippen molar-refractivity contribution in [3.05, 3.63) is 78.7 Å². The summed E-state index contributed by atoms with van der Waals surface area (Å²) in [5.74, 6) is 0. The third-order valence-corrected chi connectivity index (χ3v) is 4.80. The number of hydrogen-bond donors (Lipinski definition) is 0. The molecule has 0 aliphatic rings. The quantitative estimate of drug-likeness (QED) is 0.286. The van der Waals surface area contributed by atoms with Crippen LogP contribution in [0.1, 0.15) is 37.4 Å². The van der Waals surface area contributed by atoms with Gasteiger partial charge in [-0.25, -0.2) is 0 Å². The molecule has 0 radical (unpaired) electrons. The van der Waals surface area contributed by atoms with Crippen LogP contribution < -0.4 is 0 Å². The fraction of sp³-hybridized carbons (Fsp3) is 0.261. The summed E-state index contributed by atoms with van der Waals surface area (Å²) < 4.78 is 0. The number of rotatable bonds is 8. The third kappa shape index (κ3) is 5.47. The van der Waals surface area contributed by atoms with Crippen LogP contribution in [0.15, 0.2) is 72.3 Å². The Morgan fingerprint density at radius 1 is 1.24 bits per heavy atom. The summed E-state index contributed by atoms with van der Waals surface area (Å²) in [6.45, 7) is 8.29. The molecular formula is C23H27NS. The van der Waals surface area contributed by atoms with E-state index in [1.54, 1.807) is 11.8 Å². The van der Waals surface area contributed by atoms with Gasteiger partial charge in [0, 0.05) is 22.2 Å². The van der Waals surface area contributed by atoms with Crippen molar-refractivity contribution in [3.8, 4) is 11.1 Å². The van der Waals surface area contributed by atoms with E-state index in [4.69, 9.17) is 4.98 Å². The lowest BCUT2D eigenvalue weighted by Crippen LogP contribution is -1.94. The van der Waals surface area contributed by atoms with Gasteiger partial charge in [0.1, 0.15) is 0 Å². The van der Waals surface area contributed by atoms with Crippen molar-refractivity contribution in [2.24, 2.45) is 0 Å². The van der Waals surface area contributed by atoms with Crippen molar-refractivity contribution in [1.82, 2.24) is 4.98 Å². The van der Waals surface area contributed by atoms with E-state index >= 15 is 0 Å². The van der Waals surface area contributed by atoms with E-state index in [-0.39, 0.29) is 0 Å². The van der Waals surface area contributed by atoms with Crippen LogP contribution in [0.4, 0.5) is 0 Å². The van der Waals surface area contributed by atoms with Crippen molar-refractivity contribution in [2.45, 2.75) is 38.0 Å². The maximum Gasteiger partial charge on any atom is 0.0780 e. The molecule has 0 spiro atoms. The van der Waals surface area contributed by atoms with Crippen LogP contribution in [0.3, 0.4) is 0 Å². The van der Waals surface area contributed by atoms with E-state index in [1.165, 1.54) is 23.3 Å². The molecular weight excluding hydrogens is 322 g/mol. The van der Waals surface area contributed by atoms with Gasteiger partial charge in [0.2, 0.25) is 0 Å². The summed E-state index contributed by atoms with van der Waals surface area (Å²) in [5, 5.41) is 0. The molecule has 25 heavy (non-hydrogen) atoms. The molecule has 0 fully saturated rings. The summed E-state index contributed by atoms with van der Waals surface area (Å²) in [6.07, 6.45) is 15.9. The summed E-state index contributed by atoms with van der Waals surface area (Å²) in [6, 6.07) is 10.9. The monoisotopic (exact) mass is 349 g/mol. The van der Waals surface area contributed by atoms with Crippen molar-refractivity contribution >= 4 is 17.3 Å². The Labute approximate surface area is 156 Å². The normalized spacial score (nSPS) is 11.9. The minimum absolute atomic E-state index is 0.984. The average Bonchev–Trinajstić information content (AvgIpc) is 2.65. The second-order valence-corrected chi connectivity index (χ2v) is 6.91. The first-order valence-corrected chi connectivity index (χ1v) is 10.0. The van der Waals surface area contributed by atoms with Gasteiger partial charge in [-0.2, -0.15) is 0 Å². The molecule has 1 aromatic carbocycles. The van der Waals surface area contributed by atoms with Gasteiger partial charge in [0.05, 0.1) is 5.69 Å². The number of aromatic nitrogens is 1. The number of thioether (sulfide) groups is 1. The minimum atomic E-state index is 0.984. The lowest BCUT2D eigenvalue weighted by molar-refractivity contribution is 0.815. The molecule has 0 N–H and O–H groups in total. The van der Waals surface area contributed by atoms with Gasteiger partial charge in [0.15, 0.2) is 0 Å². The Morgan fingerprint density at radius 2 is 2.00 bits per heavy atom. The lowest BCUT2D eigenvalue weighted by Gasteiger charge is -2.11. The highest BCUT2D eigenvalue weighted by molar-refractivity contribution is 7.98. The fourth-order valence-electron chi connectivity index (χ4n) is 2.62. The van der Waals surface area contributed by atoms with Crippen LogP contribution in [0, 0.1) is 6.92 Å². The summed E-state index contributed by atoms with van der Waals surface area (Å²) in [5.41, 5.74) is 5.54. The zero-order valence-corrected chi connectivity index (χ0v) is 16.3. The average molecular weight is 350 g/mol. The van der Waals surface area contributed by atoms with Gasteiger partial charge >= 0.3 is 0 Å². The molecule has 2 rings (SSSR count). The van der Waals surface area contributed by atoms with Crippen LogP contribution in [-0.4, -0.2) is 11.2 Å². The number of hydrogen-bond acceptors (Lipinski definition) is 2. The van der Waals surface area contributed by atoms with Crippen molar-refractivity contribution < 1.29 is 0 Å². The van der Waals surface area contributed by atoms with Gasteiger partial charge in [0.25, 0.3) is 0 Å². The molecule has 0 amide bonds. The Morgan fingerprint density at radius 3 is 2.64 bits per heavy atom. The first-order valence-electron chi connectivity index (χ1n) is 8.80. The zero-order chi connectivity index (χ0) is 18.1. The fourth-order valence-corrected chi connectivity index (χ4v) is 3.03. The SMILES string of the molecule is C=C/C(=C\C=C/CCCC)c1ncc(C)cc1-c1ccc(SC)cc1. The van der Waals surface area contributed by atoms with E-state index in [1.807, 2.05) is 12.3 Å². The van der Waals surface area contributed by atoms with E-state index in [9.17, 15) is 0 Å². The van der Waals surface area contributed by atoms with Gasteiger partial charge < -0.3 is 0 Å². The Bertz CT molecular complexity index is 754. The van der Waals surface area contributed by atoms with Crippen LogP contribution in [-0.2, 0) is 0 Å². The second kappa shape index (κ2) is 10.0. The van der Waals surface area contributed by atoms with Crippen LogP contribution in [0.2, 0.25) is 0 Å². The van der Waals surface area contributed by atoms with Crippen molar-refractivity contribution in [1.29, 1.82) is 0 Å². The molecule has 2 aromatic rings. The second-order valence-electron chi connectivity index (χ2n) is 6.03. The van der Waals surface area contributed by atoms with E-state index in [0.717, 1.165) is 28.8 Å². The van der Waals surface area contributed by atoms with Gasteiger partial charge in [-0.3, -0.25) is 4.98 Å². The molecule has 130 valence electrons. The topological polar surface area (TPSA) is 12.9 Å². The van der Waals surface area contributed by atoms with E-state index < -0.39 is 0 Å². The van der Waals surface area contributed by atoms with Gasteiger partial charge in [-0.05, 0) is 48.9 Å². The Kier molecular flexibility index (Phi) is 7.75. The number of nitrogens with zero attached hydrogens (tertiary/aromatic N) is 1. The summed E-state index contributed by atoms with van der Waals surface area (Å²) in [7, 11) is 0. The molecule has 0 aliphatic carbocycles. The zero-order valence-electron chi connectivity index (χ0n) is 15.5. The highest BCUT2D eigenvalue weighted by Gasteiger charge is 2.09. The summed E-state index contributed by atoms with van der Waals surface area (Å²) in [4.78, 5) is 5.97. The van der Waals surface area contributed by atoms with Gasteiger partial charge in [-0.15, -0.1) is 11.8 Å². The molecule has 1 nitrogen and oxygen atoms in total. The number of aryl methyl sites for hydroxylation is 1. The largest absolute Gasteiger partial charge is 0.255 e. The molecule has 0 unspecified atom stereocenters. The number of allylic oxidation sites excluding steroid dienone is 5. The predicted octanol–water partition coefficient (Wildman–Crippen LogP) is 7.09. The molecule has 1 heterocycles. The van der Waals surface area contributed by atoms with E-state index in [0.29, 0.717) is 0 Å². The molecule has 0 aliphatic heterocycles. The standard InChI is InChI=1S/C23H27NS/c1-5-7-8-9-10-11-19(6-2)23-22(16-18(3)17-24-23)20-12-14-21(25-4)15-13-20/h6,9-17H,2,5,7-8H2,1,3-4H3/b10-9-,19-11+. The van der Waals surface area contributed by atoms with Crippen LogP contribution >= 0.6 is 11.8 Å². The number of unbranched alkanes of at least 4 members (excludes halogenated alkanes) is 2. The number of pyridine rings is 1. The molecule has 0 bridgehead atoms. The third-order valence-electron chi connectivity index (χ3n) is 4.05. The summed E-state index contributed by atoms with van der Waals surface area (Å²) >= 11 is 1.76. The van der Waals surface area contributed by atoms with Crippen LogP contribution in [0.5, 0.6) is 0 Å². The first kappa shape index (κ1) is 19.3. The molecule has 2 heteroatoms. The Hall–Kier alpha value is -2.06. The first-order chi connectivity index (χ1) is 12.2. The lowest BCUT2D eigenvalue weighted by atomic mass is 9.97. The Balaban J connectivity index is 2.40. The molecule has 0 atom stereocenters. The highest BCUT2D eigenvalue weighted by atomic mass is 32.2. The smallest absolute Gasteiger partial charge is 0.0780 e. The maximum absolute atomic E-state index is 4.70. The van der Waals surface area contributed by atoms with Crippen molar-refractivity contribution in [3.63, 3.8) is 0 Å². The van der Waals surface area contributed by atoms with Gasteiger partial charge in [-0.1, -0.05) is 62.8 Å². The highest BCUT2D eigenvalue weighted by Crippen LogP contribution is 2.30. The molecule has 0 saturated heterocycles. The van der Waals surface area contributed by atoms with Crippen LogP contribution in [0.25, 0.3) is 16.7 Å². The van der Waals surface area contributed by atoms with Crippen molar-refractivity contribution in [2.75, 3.05) is 6.26 Å². The minimum Gasteiger partial charge on any atom is -0.255 e. The molecule has 1 aromatic heterocycles.